The van der Waals surface area contributed by atoms with Gasteiger partial charge in [-0.15, -0.1) is 11.8 Å². The molecule has 1 aromatic carbocycles. The minimum Gasteiger partial charge on any atom is -0.464 e. The Morgan fingerprint density at radius 1 is 0.906 bits per heavy atom. The number of carbonyl (C=O) groups excluding carboxylic acids is 1. The quantitative estimate of drug-likeness (QED) is 0.140. The summed E-state index contributed by atoms with van der Waals surface area (Å²) in [6, 6.07) is 10.3. The van der Waals surface area contributed by atoms with Crippen LogP contribution in [0.15, 0.2) is 62.7 Å². The molecule has 0 aromatic heterocycles. The Kier molecular flexibility index (Phi) is 17.6. The number of methoxy groups -OCH3 is 1. The van der Waals surface area contributed by atoms with Gasteiger partial charge in [0.05, 0.1) is 7.11 Å². The van der Waals surface area contributed by atoms with Crippen LogP contribution in [-0.4, -0.2) is 30.6 Å². The fraction of sp³-hybridized carbons (Fsp3) is 0.556. The van der Waals surface area contributed by atoms with E-state index in [2.05, 4.69) is 45.0 Å². The van der Waals surface area contributed by atoms with Crippen molar-refractivity contribution in [2.45, 2.75) is 91.7 Å². The molecule has 0 unspecified atom stereocenters. The Hall–Kier alpha value is -2.01. The molecule has 0 atom stereocenters. The molecule has 4 nitrogen and oxygen atoms in total. The lowest BCUT2D eigenvalue weighted by atomic mass is 9.80. The summed E-state index contributed by atoms with van der Waals surface area (Å²) in [7, 11) is 2.82. The smallest absolute Gasteiger partial charge is 0.360 e. The third-order valence-corrected chi connectivity index (χ3v) is 5.93. The normalized spacial score (nSPS) is 13.6. The molecule has 0 saturated carbocycles. The van der Waals surface area contributed by atoms with Crippen LogP contribution < -0.4 is 0 Å². The molecule has 2 rings (SSSR count). The lowest BCUT2D eigenvalue weighted by molar-refractivity contribution is -0.132. The lowest BCUT2D eigenvalue weighted by Crippen LogP contribution is -2.29. The van der Waals surface area contributed by atoms with E-state index in [1.165, 1.54) is 35.8 Å². The van der Waals surface area contributed by atoms with Crippen LogP contribution in [0.3, 0.4) is 0 Å². The molecule has 0 fully saturated rings. The second kappa shape index (κ2) is 17.5. The summed E-state index contributed by atoms with van der Waals surface area (Å²) >= 11 is 1.79. The van der Waals surface area contributed by atoms with Crippen molar-refractivity contribution in [3.05, 3.63) is 52.6 Å². The number of thioether (sulfide) groups is 1. The summed E-state index contributed by atoms with van der Waals surface area (Å²) in [5.41, 5.74) is 4.97. The second-order valence-corrected chi connectivity index (χ2v) is 8.61. The number of hydrogen-bond acceptors (Lipinski definition) is 5. The molecular weight excluding hydrogens is 418 g/mol. The third kappa shape index (κ3) is 9.64. The van der Waals surface area contributed by atoms with Crippen molar-refractivity contribution in [3.63, 3.8) is 0 Å². The van der Waals surface area contributed by atoms with Gasteiger partial charge in [0.1, 0.15) is 7.11 Å². The Morgan fingerprint density at radius 2 is 1.41 bits per heavy atom. The molecule has 182 valence electrons. The predicted molar refractivity (Wildman–Crippen MR) is 142 cm³/mol. The van der Waals surface area contributed by atoms with Gasteiger partial charge in [-0.2, -0.15) is 0 Å². The van der Waals surface area contributed by atoms with Crippen molar-refractivity contribution >= 4 is 23.4 Å². The molecule has 0 N–H and O–H groups in total. The van der Waals surface area contributed by atoms with Crippen LogP contribution in [0.25, 0.3) is 0 Å². The summed E-state index contributed by atoms with van der Waals surface area (Å²) in [5, 5.41) is 4.00. The first kappa shape index (κ1) is 32.2. The molecule has 0 radical (unpaired) electrons. The van der Waals surface area contributed by atoms with E-state index in [-0.39, 0.29) is 10.5 Å². The highest BCUT2D eigenvalue weighted by molar-refractivity contribution is 8.00. The number of rotatable bonds is 6. The molecule has 32 heavy (non-hydrogen) atoms. The highest BCUT2D eigenvalue weighted by atomic mass is 32.2. The van der Waals surface area contributed by atoms with E-state index in [9.17, 15) is 4.79 Å². The maximum atomic E-state index is 12.3. The Labute approximate surface area is 201 Å². The van der Waals surface area contributed by atoms with E-state index in [1.807, 2.05) is 59.7 Å². The molecule has 5 heteroatoms. The van der Waals surface area contributed by atoms with Crippen molar-refractivity contribution in [2.24, 2.45) is 5.16 Å². The first-order chi connectivity index (χ1) is 15.3. The van der Waals surface area contributed by atoms with E-state index >= 15 is 0 Å². The summed E-state index contributed by atoms with van der Waals surface area (Å²) in [4.78, 5) is 18.5. The van der Waals surface area contributed by atoms with Crippen LogP contribution in [0, 0.1) is 0 Å². The van der Waals surface area contributed by atoms with Crippen LogP contribution >= 0.6 is 11.8 Å². The highest BCUT2D eigenvalue weighted by Gasteiger charge is 2.34. The molecule has 0 spiro atoms. The van der Waals surface area contributed by atoms with Gasteiger partial charge in [-0.05, 0) is 63.8 Å². The fourth-order valence-corrected chi connectivity index (χ4v) is 4.30. The van der Waals surface area contributed by atoms with Crippen LogP contribution in [-0.2, 0) is 14.4 Å². The molecule has 0 amide bonds. The standard InChI is InChI=1S/C21H27NO3S.3C2H6/c1-14-12-17(19(22-25-6)20(23)24-5)18(13-15(14)2)21(3,4)26-16-10-8-7-9-11-16;3*1-2/h7-11H,12-13H2,1-6H3;3*1-2H3/b22-19+;;;. The number of esters is 1. The lowest BCUT2D eigenvalue weighted by Gasteiger charge is -2.34. The zero-order valence-electron chi connectivity index (χ0n) is 22.4. The number of allylic oxidation sites excluding steroid dienone is 2. The van der Waals surface area contributed by atoms with Crippen molar-refractivity contribution in [1.29, 1.82) is 0 Å². The molecule has 1 aliphatic carbocycles. The molecule has 1 aromatic rings. The fourth-order valence-electron chi connectivity index (χ4n) is 3.10. The number of ether oxygens (including phenoxy) is 1. The van der Waals surface area contributed by atoms with Crippen molar-refractivity contribution in [3.8, 4) is 0 Å². The summed E-state index contributed by atoms with van der Waals surface area (Å²) < 4.78 is 4.75. The maximum absolute atomic E-state index is 12.3. The van der Waals surface area contributed by atoms with Gasteiger partial charge in [0, 0.05) is 9.64 Å². The largest absolute Gasteiger partial charge is 0.464 e. The second-order valence-electron chi connectivity index (χ2n) is 6.91. The van der Waals surface area contributed by atoms with Gasteiger partial charge in [-0.25, -0.2) is 4.79 Å². The molecular formula is C27H45NO3S. The van der Waals surface area contributed by atoms with Gasteiger partial charge in [0.25, 0.3) is 0 Å². The Bertz CT molecular complexity index is 762. The third-order valence-electron chi connectivity index (χ3n) is 4.67. The molecule has 1 aliphatic rings. The van der Waals surface area contributed by atoms with Crippen LogP contribution in [0.5, 0.6) is 0 Å². The first-order valence-corrected chi connectivity index (χ1v) is 12.4. The van der Waals surface area contributed by atoms with E-state index < -0.39 is 5.97 Å². The van der Waals surface area contributed by atoms with Crippen LogP contribution in [0.4, 0.5) is 0 Å². The van der Waals surface area contributed by atoms with Gasteiger partial charge in [0.2, 0.25) is 0 Å². The number of carbonyl (C=O) groups is 1. The summed E-state index contributed by atoms with van der Waals surface area (Å²) in [6.07, 6.45) is 1.49. The van der Waals surface area contributed by atoms with Crippen molar-refractivity contribution < 1.29 is 14.4 Å². The van der Waals surface area contributed by atoms with E-state index in [0.29, 0.717) is 6.42 Å². The van der Waals surface area contributed by atoms with E-state index in [0.717, 1.165) is 12.0 Å². The minimum atomic E-state index is -0.466. The maximum Gasteiger partial charge on any atom is 0.360 e. The summed E-state index contributed by atoms with van der Waals surface area (Å²) in [5.74, 6) is -0.466. The van der Waals surface area contributed by atoms with Crippen LogP contribution in [0.2, 0.25) is 0 Å². The molecule has 0 saturated heterocycles. The number of oxime groups is 1. The first-order valence-electron chi connectivity index (χ1n) is 11.6. The minimum absolute atomic E-state index is 0.207. The number of nitrogens with zero attached hydrogens (tertiary/aromatic N) is 1. The molecule has 0 aliphatic heterocycles. The SMILES string of the molecule is CC.CC.CC.CO/N=C(/C(=O)OC)C1=C(C(C)(C)Sc2ccccc2)CC(C)=C(C)C1. The number of hydrogen-bond donors (Lipinski definition) is 0. The van der Waals surface area contributed by atoms with Crippen LogP contribution in [0.1, 0.15) is 82.1 Å². The zero-order valence-corrected chi connectivity index (χ0v) is 23.2. The van der Waals surface area contributed by atoms with E-state index in [1.54, 1.807) is 11.8 Å². The average Bonchev–Trinajstić information content (AvgIpc) is 2.83. The van der Waals surface area contributed by atoms with Gasteiger partial charge in [-0.1, -0.05) is 76.0 Å². The van der Waals surface area contributed by atoms with Gasteiger partial charge in [-0.3, -0.25) is 0 Å². The Morgan fingerprint density at radius 3 is 1.88 bits per heavy atom. The molecule has 0 heterocycles. The summed E-state index contributed by atoms with van der Waals surface area (Å²) in [6.45, 7) is 20.6. The molecule has 0 bridgehead atoms. The van der Waals surface area contributed by atoms with Crippen molar-refractivity contribution in [2.75, 3.05) is 14.2 Å². The monoisotopic (exact) mass is 463 g/mol. The van der Waals surface area contributed by atoms with Gasteiger partial charge in [0.15, 0.2) is 5.71 Å². The topological polar surface area (TPSA) is 47.9 Å². The average molecular weight is 464 g/mol. The van der Waals surface area contributed by atoms with Crippen molar-refractivity contribution in [1.82, 2.24) is 0 Å². The van der Waals surface area contributed by atoms with Gasteiger partial charge >= 0.3 is 5.97 Å². The predicted octanol–water partition coefficient (Wildman–Crippen LogP) is 8.24. The van der Waals surface area contributed by atoms with E-state index in [4.69, 9.17) is 9.57 Å². The van der Waals surface area contributed by atoms with Gasteiger partial charge < -0.3 is 9.57 Å². The zero-order chi connectivity index (χ0) is 25.3. The number of benzene rings is 1. The highest BCUT2D eigenvalue weighted by Crippen LogP contribution is 2.45. The Balaban J connectivity index is 0.